The number of aromatic nitrogens is 2. The molecule has 2 aromatic heterocycles. The van der Waals surface area contributed by atoms with E-state index in [0.717, 1.165) is 53.1 Å². The standard InChI is InChI=1S/C19H27N5O4S2/c1-10(2)15-11(3)22-13-7-5-6-12(13)16(15)23-18(26)24-30(20,28)14-8-21-17(29-14)19(4,27)9-25/h8,10,25,27H,5-7,9H2,1-4H3,(H3,20,22,23,24,26,28). The van der Waals surface area contributed by atoms with Crippen molar-refractivity contribution < 1.29 is 19.2 Å². The number of nitrogens with two attached hydrogens (primary N) is 1. The Kier molecular flexibility index (Phi) is 6.30. The Morgan fingerprint density at radius 3 is 2.80 bits per heavy atom. The van der Waals surface area contributed by atoms with Crippen molar-refractivity contribution in [1.29, 1.82) is 0 Å². The molecular formula is C19H27N5O4S2. The van der Waals surface area contributed by atoms with Gasteiger partial charge in [-0.15, -0.1) is 15.7 Å². The summed E-state index contributed by atoms with van der Waals surface area (Å²) in [7, 11) is -3.57. The maximum atomic E-state index is 12.9. The number of carbonyl (C=O) groups is 1. The van der Waals surface area contributed by atoms with Crippen molar-refractivity contribution in [3.05, 3.63) is 33.7 Å². The highest BCUT2D eigenvalue weighted by atomic mass is 32.2. The summed E-state index contributed by atoms with van der Waals surface area (Å²) in [6.45, 7) is 6.77. The second-order valence-electron chi connectivity index (χ2n) is 7.93. The number of nitrogens with one attached hydrogen (secondary N) is 1. The van der Waals surface area contributed by atoms with E-state index in [9.17, 15) is 19.2 Å². The van der Waals surface area contributed by atoms with Crippen molar-refractivity contribution in [3.63, 3.8) is 0 Å². The van der Waals surface area contributed by atoms with Crippen LogP contribution in [0.25, 0.3) is 0 Å². The highest BCUT2D eigenvalue weighted by molar-refractivity contribution is 7.93. The molecule has 2 heterocycles. The zero-order valence-electron chi connectivity index (χ0n) is 17.4. The lowest BCUT2D eigenvalue weighted by atomic mass is 9.96. The van der Waals surface area contributed by atoms with E-state index in [2.05, 4.69) is 19.6 Å². The van der Waals surface area contributed by atoms with Crippen molar-refractivity contribution in [2.24, 2.45) is 9.50 Å². The number of amides is 2. The number of pyridine rings is 1. The first-order valence-corrected chi connectivity index (χ1v) is 12.0. The van der Waals surface area contributed by atoms with Gasteiger partial charge in [0.1, 0.15) is 14.8 Å². The maximum absolute atomic E-state index is 12.9. The number of urea groups is 1. The number of anilines is 1. The first-order valence-electron chi connectivity index (χ1n) is 9.64. The molecule has 2 aromatic rings. The van der Waals surface area contributed by atoms with Gasteiger partial charge in [-0.1, -0.05) is 13.8 Å². The third-order valence-corrected chi connectivity index (χ3v) is 8.15. The summed E-state index contributed by atoms with van der Waals surface area (Å²) in [6.07, 6.45) is 3.84. The Morgan fingerprint density at radius 1 is 1.47 bits per heavy atom. The number of aliphatic hydroxyl groups excluding tert-OH is 1. The fourth-order valence-electron chi connectivity index (χ4n) is 3.58. The molecule has 0 spiro atoms. The normalized spacial score (nSPS) is 17.3. The number of fused-ring (bicyclic) bond motifs is 1. The van der Waals surface area contributed by atoms with Crippen LogP contribution in [0.15, 0.2) is 14.8 Å². The van der Waals surface area contributed by atoms with Crippen molar-refractivity contribution in [2.75, 3.05) is 11.9 Å². The largest absolute Gasteiger partial charge is 0.393 e. The number of carbonyl (C=O) groups excluding carboxylic acids is 1. The summed E-state index contributed by atoms with van der Waals surface area (Å²) in [5.41, 5.74) is 2.84. The zero-order valence-corrected chi connectivity index (χ0v) is 19.1. The number of thiazole rings is 1. The Labute approximate surface area is 180 Å². The number of aryl methyl sites for hydroxylation is 2. The van der Waals surface area contributed by atoms with Crippen LogP contribution < -0.4 is 10.5 Å². The molecule has 9 nitrogen and oxygen atoms in total. The molecule has 0 aliphatic heterocycles. The molecule has 0 saturated carbocycles. The molecule has 2 unspecified atom stereocenters. The summed E-state index contributed by atoms with van der Waals surface area (Å²) in [6, 6.07) is -0.812. The van der Waals surface area contributed by atoms with E-state index in [4.69, 9.17) is 5.14 Å². The molecule has 11 heteroatoms. The van der Waals surface area contributed by atoms with E-state index in [1.807, 2.05) is 20.8 Å². The number of hydrogen-bond acceptors (Lipinski definition) is 7. The molecular weight excluding hydrogens is 426 g/mol. The fraction of sp³-hybridized carbons (Fsp3) is 0.526. The second-order valence-corrected chi connectivity index (χ2v) is 11.0. The number of rotatable bonds is 5. The first-order chi connectivity index (χ1) is 14.0. The molecule has 0 bridgehead atoms. The molecule has 2 atom stereocenters. The zero-order chi connectivity index (χ0) is 22.3. The quantitative estimate of drug-likeness (QED) is 0.546. The molecule has 0 fully saturated rings. The average molecular weight is 454 g/mol. The molecule has 30 heavy (non-hydrogen) atoms. The smallest absolute Gasteiger partial charge is 0.354 e. The molecule has 5 N–H and O–H groups in total. The minimum atomic E-state index is -3.57. The van der Waals surface area contributed by atoms with Crippen LogP contribution in [0.3, 0.4) is 0 Å². The molecule has 164 valence electrons. The van der Waals surface area contributed by atoms with Gasteiger partial charge in [-0.3, -0.25) is 4.98 Å². The topological polar surface area (TPSA) is 151 Å². The first kappa shape index (κ1) is 22.8. The van der Waals surface area contributed by atoms with Crippen molar-refractivity contribution in [1.82, 2.24) is 9.97 Å². The van der Waals surface area contributed by atoms with Crippen LogP contribution in [0, 0.1) is 6.92 Å². The van der Waals surface area contributed by atoms with Gasteiger partial charge in [-0.05, 0) is 50.2 Å². The lowest BCUT2D eigenvalue weighted by Crippen LogP contribution is -2.25. The van der Waals surface area contributed by atoms with Gasteiger partial charge in [-0.25, -0.2) is 19.1 Å². The second kappa shape index (κ2) is 8.31. The van der Waals surface area contributed by atoms with Gasteiger partial charge in [0, 0.05) is 11.4 Å². The number of nitrogens with zero attached hydrogens (tertiary/aromatic N) is 3. The van der Waals surface area contributed by atoms with Gasteiger partial charge in [-0.2, -0.15) is 0 Å². The van der Waals surface area contributed by atoms with Gasteiger partial charge < -0.3 is 15.5 Å². The molecule has 0 aromatic carbocycles. The van der Waals surface area contributed by atoms with E-state index in [1.54, 1.807) is 0 Å². The molecule has 1 aliphatic rings. The van der Waals surface area contributed by atoms with Crippen molar-refractivity contribution >= 4 is 33.0 Å². The van der Waals surface area contributed by atoms with Gasteiger partial charge in [0.15, 0.2) is 9.92 Å². The Balaban J connectivity index is 1.96. The van der Waals surface area contributed by atoms with Gasteiger partial charge >= 0.3 is 6.03 Å². The van der Waals surface area contributed by atoms with Crippen LogP contribution >= 0.6 is 11.3 Å². The maximum Gasteiger partial charge on any atom is 0.354 e. The Morgan fingerprint density at radius 2 is 2.17 bits per heavy atom. The Hall–Kier alpha value is -1.92. The molecule has 2 amide bonds. The third kappa shape index (κ3) is 4.40. The summed E-state index contributed by atoms with van der Waals surface area (Å²) < 4.78 is 16.7. The van der Waals surface area contributed by atoms with Crippen LogP contribution in [0.5, 0.6) is 0 Å². The summed E-state index contributed by atoms with van der Waals surface area (Å²) >= 11 is 0.845. The SMILES string of the molecule is Cc1nc2c(c(NC(=O)N=S(N)(=O)c3cnc(C(C)(O)CO)s3)c1C(C)C)CCC2. The van der Waals surface area contributed by atoms with E-state index < -0.39 is 28.2 Å². The summed E-state index contributed by atoms with van der Waals surface area (Å²) in [4.78, 5) is 21.3. The minimum Gasteiger partial charge on any atom is -0.393 e. The monoisotopic (exact) mass is 453 g/mol. The molecule has 3 rings (SSSR count). The molecule has 0 radical (unpaired) electrons. The van der Waals surface area contributed by atoms with Crippen molar-refractivity contribution in [3.8, 4) is 0 Å². The summed E-state index contributed by atoms with van der Waals surface area (Å²) in [5.74, 6) is 0.130. The van der Waals surface area contributed by atoms with E-state index in [0.29, 0.717) is 5.69 Å². The average Bonchev–Trinajstić information content (AvgIpc) is 3.30. The lowest BCUT2D eigenvalue weighted by Gasteiger charge is -2.19. The third-order valence-electron chi connectivity index (χ3n) is 5.02. The molecule has 1 aliphatic carbocycles. The lowest BCUT2D eigenvalue weighted by molar-refractivity contribution is -0.00244. The van der Waals surface area contributed by atoms with Crippen LogP contribution in [0.2, 0.25) is 0 Å². The summed E-state index contributed by atoms with van der Waals surface area (Å²) in [5, 5.41) is 28.1. The fourth-order valence-corrected chi connectivity index (χ4v) is 5.68. The Bertz CT molecular complexity index is 1100. The van der Waals surface area contributed by atoms with Gasteiger partial charge in [0.05, 0.1) is 18.5 Å². The van der Waals surface area contributed by atoms with E-state index in [1.165, 1.54) is 13.1 Å². The van der Waals surface area contributed by atoms with Gasteiger partial charge in [0.25, 0.3) is 0 Å². The predicted molar refractivity (Wildman–Crippen MR) is 116 cm³/mol. The number of aliphatic hydroxyl groups is 2. The predicted octanol–water partition coefficient (Wildman–Crippen LogP) is 2.59. The van der Waals surface area contributed by atoms with Crippen LogP contribution in [0.1, 0.15) is 60.6 Å². The number of hydrogen-bond donors (Lipinski definition) is 4. The highest BCUT2D eigenvalue weighted by Crippen LogP contribution is 2.36. The van der Waals surface area contributed by atoms with E-state index in [-0.39, 0.29) is 15.1 Å². The van der Waals surface area contributed by atoms with Crippen LogP contribution in [0.4, 0.5) is 10.5 Å². The van der Waals surface area contributed by atoms with E-state index >= 15 is 0 Å². The highest BCUT2D eigenvalue weighted by Gasteiger charge is 2.28. The van der Waals surface area contributed by atoms with Crippen LogP contribution in [-0.2, 0) is 28.4 Å². The van der Waals surface area contributed by atoms with Gasteiger partial charge in [0.2, 0.25) is 0 Å². The molecule has 0 saturated heterocycles. The van der Waals surface area contributed by atoms with Crippen molar-refractivity contribution in [2.45, 2.75) is 62.7 Å². The van der Waals surface area contributed by atoms with Crippen LogP contribution in [-0.4, -0.2) is 37.0 Å². The minimum absolute atomic E-state index is 0.0431.